The van der Waals surface area contributed by atoms with Crippen molar-refractivity contribution in [2.45, 2.75) is 27.2 Å². The molecule has 2 heterocycles. The zero-order chi connectivity index (χ0) is 14.7. The first kappa shape index (κ1) is 14.7. The first-order valence-corrected chi connectivity index (χ1v) is 7.95. The normalized spacial score (nSPS) is 12.2. The second-order valence-corrected chi connectivity index (χ2v) is 6.27. The fourth-order valence-corrected chi connectivity index (χ4v) is 2.39. The Morgan fingerprint density at radius 1 is 1.35 bits per heavy atom. The predicted octanol–water partition coefficient (Wildman–Crippen LogP) is 2.56. The van der Waals surface area contributed by atoms with E-state index in [-0.39, 0.29) is 5.95 Å². The summed E-state index contributed by atoms with van der Waals surface area (Å²) in [5, 5.41) is 5.96. The molecule has 0 saturated heterocycles. The van der Waals surface area contributed by atoms with Gasteiger partial charge in [0.25, 0.3) is 0 Å². The molecule has 0 aliphatic carbocycles. The van der Waals surface area contributed by atoms with E-state index in [4.69, 9.17) is 5.73 Å². The van der Waals surface area contributed by atoms with E-state index in [1.54, 1.807) is 12.4 Å². The highest BCUT2D eigenvalue weighted by atomic mass is 31.1. The lowest BCUT2D eigenvalue weighted by Gasteiger charge is -2.04. The van der Waals surface area contributed by atoms with Gasteiger partial charge in [-0.3, -0.25) is 0 Å². The maximum atomic E-state index is 5.52. The smallest absolute Gasteiger partial charge is 0.220 e. The van der Waals surface area contributed by atoms with Crippen molar-refractivity contribution in [1.82, 2.24) is 19.7 Å². The molecule has 5 nitrogen and oxygen atoms in total. The van der Waals surface area contributed by atoms with Gasteiger partial charge in [0.05, 0.1) is 18.1 Å². The Morgan fingerprint density at radius 3 is 2.55 bits per heavy atom. The van der Waals surface area contributed by atoms with Crippen LogP contribution in [0.3, 0.4) is 0 Å². The molecule has 0 saturated carbocycles. The minimum absolute atomic E-state index is 0.276. The highest BCUT2D eigenvalue weighted by molar-refractivity contribution is 7.40. The standard InChI is InChI=1S/C14H20N5P/c1-9(2)5-11-8-19(18-13(11)10(3)20-4)12-6-16-14(15)17-7-12/h6-9H,5H2,1-4H3,(H2,15,16,17). The van der Waals surface area contributed by atoms with Crippen LogP contribution in [0.25, 0.3) is 5.69 Å². The molecule has 0 aliphatic rings. The summed E-state index contributed by atoms with van der Waals surface area (Å²) in [4.78, 5) is 8.04. The summed E-state index contributed by atoms with van der Waals surface area (Å²) in [6, 6.07) is 0. The maximum Gasteiger partial charge on any atom is 0.220 e. The van der Waals surface area contributed by atoms with Gasteiger partial charge >= 0.3 is 0 Å². The molecule has 0 spiro atoms. The molecule has 2 aromatic heterocycles. The van der Waals surface area contributed by atoms with E-state index in [0.29, 0.717) is 5.92 Å². The highest BCUT2D eigenvalue weighted by Gasteiger charge is 2.13. The quantitative estimate of drug-likeness (QED) is 0.878. The molecule has 0 bridgehead atoms. The molecule has 0 amide bonds. The average molecular weight is 289 g/mol. The van der Waals surface area contributed by atoms with E-state index >= 15 is 0 Å². The monoisotopic (exact) mass is 289 g/mol. The number of hydrogen-bond acceptors (Lipinski definition) is 4. The summed E-state index contributed by atoms with van der Waals surface area (Å²) >= 11 is 0. The van der Waals surface area contributed by atoms with Gasteiger partial charge in [0.1, 0.15) is 5.69 Å². The van der Waals surface area contributed by atoms with Crippen molar-refractivity contribution in [3.8, 4) is 5.69 Å². The minimum Gasteiger partial charge on any atom is -0.368 e. The van der Waals surface area contributed by atoms with Gasteiger partial charge in [-0.2, -0.15) is 5.10 Å². The van der Waals surface area contributed by atoms with Crippen LogP contribution in [0.2, 0.25) is 0 Å². The van der Waals surface area contributed by atoms with E-state index in [0.717, 1.165) is 17.8 Å². The molecule has 6 heteroatoms. The summed E-state index contributed by atoms with van der Waals surface area (Å²) in [5.41, 5.74) is 8.70. The van der Waals surface area contributed by atoms with Crippen LogP contribution in [-0.4, -0.2) is 31.7 Å². The molecule has 106 valence electrons. The van der Waals surface area contributed by atoms with Gasteiger partial charge in [-0.25, -0.2) is 14.6 Å². The van der Waals surface area contributed by atoms with Gasteiger partial charge in [-0.1, -0.05) is 13.8 Å². The van der Waals surface area contributed by atoms with Gasteiger partial charge in [-0.15, -0.1) is 8.20 Å². The van der Waals surface area contributed by atoms with Gasteiger partial charge in [-0.05, 0) is 36.8 Å². The lowest BCUT2D eigenvalue weighted by molar-refractivity contribution is 0.646. The van der Waals surface area contributed by atoms with E-state index in [9.17, 15) is 0 Å². The fraction of sp³-hybridized carbons (Fsp3) is 0.429. The largest absolute Gasteiger partial charge is 0.368 e. The molecular formula is C14H20N5P. The summed E-state index contributed by atoms with van der Waals surface area (Å²) < 4.78 is 1.83. The Kier molecular flexibility index (Phi) is 4.50. The van der Waals surface area contributed by atoms with Crippen molar-refractivity contribution in [2.75, 3.05) is 12.4 Å². The van der Waals surface area contributed by atoms with Gasteiger partial charge < -0.3 is 5.73 Å². The maximum absolute atomic E-state index is 5.52. The zero-order valence-corrected chi connectivity index (χ0v) is 13.2. The van der Waals surface area contributed by atoms with Crippen molar-refractivity contribution >= 4 is 19.4 Å². The van der Waals surface area contributed by atoms with Crippen molar-refractivity contribution in [3.63, 3.8) is 0 Å². The molecule has 2 aromatic rings. The van der Waals surface area contributed by atoms with Crippen LogP contribution in [0.1, 0.15) is 32.0 Å². The van der Waals surface area contributed by atoms with E-state index < -0.39 is 0 Å². The molecule has 0 aromatic carbocycles. The van der Waals surface area contributed by atoms with Crippen LogP contribution in [0.4, 0.5) is 5.95 Å². The topological polar surface area (TPSA) is 69.6 Å². The van der Waals surface area contributed by atoms with Crippen molar-refractivity contribution in [2.24, 2.45) is 5.92 Å². The number of aromatic nitrogens is 4. The average Bonchev–Trinajstić information content (AvgIpc) is 2.81. The molecule has 20 heavy (non-hydrogen) atoms. The highest BCUT2D eigenvalue weighted by Crippen LogP contribution is 2.18. The van der Waals surface area contributed by atoms with E-state index in [2.05, 4.69) is 48.7 Å². The van der Waals surface area contributed by atoms with Crippen molar-refractivity contribution < 1.29 is 0 Å². The van der Waals surface area contributed by atoms with Crippen molar-refractivity contribution in [1.29, 1.82) is 0 Å². The number of anilines is 1. The van der Waals surface area contributed by atoms with Crippen molar-refractivity contribution in [3.05, 3.63) is 29.8 Å². The lowest BCUT2D eigenvalue weighted by Crippen LogP contribution is -2.02. The van der Waals surface area contributed by atoms with Gasteiger partial charge in [0.2, 0.25) is 5.95 Å². The molecule has 0 fully saturated rings. The predicted molar refractivity (Wildman–Crippen MR) is 84.7 cm³/mol. The van der Waals surface area contributed by atoms with Gasteiger partial charge in [0, 0.05) is 6.20 Å². The third kappa shape index (κ3) is 3.23. The SMILES string of the molecule is C/P=C(/C)c1nn(-c2cnc(N)nc2)cc1CC(C)C. The van der Waals surface area contributed by atoms with E-state index in [1.807, 2.05) is 4.68 Å². The Balaban J connectivity index is 2.45. The molecule has 0 radical (unpaired) electrons. The van der Waals surface area contributed by atoms with E-state index in [1.165, 1.54) is 19.1 Å². The van der Waals surface area contributed by atoms with Crippen LogP contribution < -0.4 is 5.73 Å². The molecule has 2 rings (SSSR count). The number of nitrogen functional groups attached to an aromatic ring is 1. The van der Waals surface area contributed by atoms with Crippen LogP contribution in [0, 0.1) is 5.92 Å². The zero-order valence-electron chi connectivity index (χ0n) is 12.3. The van der Waals surface area contributed by atoms with Crippen LogP contribution >= 0.6 is 8.20 Å². The molecular weight excluding hydrogens is 269 g/mol. The Labute approximate surface area is 121 Å². The van der Waals surface area contributed by atoms with Gasteiger partial charge in [0.15, 0.2) is 0 Å². The van der Waals surface area contributed by atoms with Crippen LogP contribution in [0.5, 0.6) is 0 Å². The molecule has 2 N–H and O–H groups in total. The summed E-state index contributed by atoms with van der Waals surface area (Å²) in [6.07, 6.45) is 6.46. The second-order valence-electron chi connectivity index (χ2n) is 5.15. The third-order valence-corrected chi connectivity index (χ3v) is 3.90. The molecule has 0 unspecified atom stereocenters. The Hall–Kier alpha value is -1.74. The first-order valence-electron chi connectivity index (χ1n) is 6.61. The third-order valence-electron chi connectivity index (χ3n) is 3.02. The molecule has 0 aliphatic heterocycles. The fourth-order valence-electron chi connectivity index (χ4n) is 1.99. The minimum atomic E-state index is 0.276. The Morgan fingerprint density at radius 2 is 2.00 bits per heavy atom. The summed E-state index contributed by atoms with van der Waals surface area (Å²) in [5.74, 6) is 0.869. The summed E-state index contributed by atoms with van der Waals surface area (Å²) in [7, 11) is 1.24. The lowest BCUT2D eigenvalue weighted by atomic mass is 10.0. The number of hydrogen-bond donors (Lipinski definition) is 1. The number of rotatable bonds is 4. The number of nitrogens with two attached hydrogens (primary N) is 1. The first-order chi connectivity index (χ1) is 9.51. The summed E-state index contributed by atoms with van der Waals surface area (Å²) in [6.45, 7) is 8.68. The van der Waals surface area contributed by atoms with Crippen LogP contribution in [0.15, 0.2) is 18.6 Å². The molecule has 0 atom stereocenters. The Bertz CT molecular complexity index is 613. The number of nitrogens with zero attached hydrogens (tertiary/aromatic N) is 4. The van der Waals surface area contributed by atoms with Crippen LogP contribution in [-0.2, 0) is 6.42 Å². The second kappa shape index (κ2) is 6.14.